The summed E-state index contributed by atoms with van der Waals surface area (Å²) in [4.78, 5) is 15.8. The molecule has 1 aromatic rings. The first-order valence-electron chi connectivity index (χ1n) is 3.57. The van der Waals surface area contributed by atoms with Gasteiger partial charge in [0.15, 0.2) is 5.69 Å². The number of pyridine rings is 1. The lowest BCUT2D eigenvalue weighted by molar-refractivity contribution is 0.0594. The van der Waals surface area contributed by atoms with Crippen LogP contribution in [0.1, 0.15) is 10.5 Å². The van der Waals surface area contributed by atoms with Gasteiger partial charge in [-0.3, -0.25) is 0 Å². The van der Waals surface area contributed by atoms with Gasteiger partial charge < -0.3 is 10.5 Å². The summed E-state index contributed by atoms with van der Waals surface area (Å²) in [5.41, 5.74) is 5.74. The number of carbonyl (C=O) groups is 1. The predicted octanol–water partition coefficient (Wildman–Crippen LogP) is 1.17. The number of nitrogens with zero attached hydrogens (tertiary/aromatic N) is 1. The van der Waals surface area contributed by atoms with Crippen molar-refractivity contribution >= 4 is 23.5 Å². The van der Waals surface area contributed by atoms with Gasteiger partial charge in [-0.05, 0) is 18.4 Å². The Balaban J connectivity index is 3.08. The third-order valence-electron chi connectivity index (χ3n) is 1.45. The Morgan fingerprint density at radius 3 is 2.85 bits per heavy atom. The fraction of sp³-hybridized carbons (Fsp3) is 0.250. The van der Waals surface area contributed by atoms with Gasteiger partial charge in [-0.25, -0.2) is 9.78 Å². The largest absolute Gasteiger partial charge is 0.464 e. The number of thioether (sulfide) groups is 1. The van der Waals surface area contributed by atoms with E-state index in [4.69, 9.17) is 5.73 Å². The molecule has 1 aromatic heterocycles. The lowest BCUT2D eigenvalue weighted by Gasteiger charge is -2.02. The lowest BCUT2D eigenvalue weighted by Crippen LogP contribution is -2.06. The highest BCUT2D eigenvalue weighted by Crippen LogP contribution is 2.17. The second kappa shape index (κ2) is 4.13. The van der Waals surface area contributed by atoms with Crippen molar-refractivity contribution in [3.8, 4) is 0 Å². The molecular formula is C8H10N2O2S. The molecule has 0 aliphatic heterocycles. The zero-order chi connectivity index (χ0) is 9.84. The Morgan fingerprint density at radius 1 is 1.62 bits per heavy atom. The quantitative estimate of drug-likeness (QED) is 0.571. The average Bonchev–Trinajstić information content (AvgIpc) is 2.15. The van der Waals surface area contributed by atoms with Crippen molar-refractivity contribution in [2.45, 2.75) is 4.90 Å². The van der Waals surface area contributed by atoms with Crippen LogP contribution in [0.3, 0.4) is 0 Å². The van der Waals surface area contributed by atoms with Crippen molar-refractivity contribution in [3.63, 3.8) is 0 Å². The number of methoxy groups -OCH3 is 1. The summed E-state index contributed by atoms with van der Waals surface area (Å²) >= 11 is 1.50. The first-order chi connectivity index (χ1) is 6.17. The van der Waals surface area contributed by atoms with Crippen LogP contribution < -0.4 is 5.73 Å². The SMILES string of the molecule is COC(=O)c1cc(SC)cc(N)n1. The second-order valence-corrected chi connectivity index (χ2v) is 3.19. The number of anilines is 1. The van der Waals surface area contributed by atoms with Crippen molar-refractivity contribution in [3.05, 3.63) is 17.8 Å². The molecule has 13 heavy (non-hydrogen) atoms. The Kier molecular flexibility index (Phi) is 3.13. The minimum absolute atomic E-state index is 0.242. The Morgan fingerprint density at radius 2 is 2.31 bits per heavy atom. The zero-order valence-electron chi connectivity index (χ0n) is 7.40. The average molecular weight is 198 g/mol. The van der Waals surface area contributed by atoms with Crippen molar-refractivity contribution in [2.75, 3.05) is 19.1 Å². The summed E-state index contributed by atoms with van der Waals surface area (Å²) < 4.78 is 4.52. The van der Waals surface area contributed by atoms with Crippen LogP contribution in [0.25, 0.3) is 0 Å². The van der Waals surface area contributed by atoms with Crippen molar-refractivity contribution in [1.82, 2.24) is 4.98 Å². The standard InChI is InChI=1S/C8H10N2O2S/c1-12-8(11)6-3-5(13-2)4-7(9)10-6/h3-4H,1-2H3,(H2,9,10). The fourth-order valence-electron chi connectivity index (χ4n) is 0.853. The first-order valence-corrected chi connectivity index (χ1v) is 4.79. The van der Waals surface area contributed by atoms with Gasteiger partial charge in [0.25, 0.3) is 0 Å². The number of aromatic nitrogens is 1. The topological polar surface area (TPSA) is 65.2 Å². The van der Waals surface area contributed by atoms with E-state index in [0.29, 0.717) is 5.82 Å². The molecular weight excluding hydrogens is 188 g/mol. The van der Waals surface area contributed by atoms with Gasteiger partial charge in [-0.15, -0.1) is 11.8 Å². The highest BCUT2D eigenvalue weighted by Gasteiger charge is 2.08. The van der Waals surface area contributed by atoms with Crippen LogP contribution in [0, 0.1) is 0 Å². The number of hydrogen-bond donors (Lipinski definition) is 1. The zero-order valence-corrected chi connectivity index (χ0v) is 8.22. The molecule has 0 bridgehead atoms. The Bertz CT molecular complexity index is 328. The molecule has 0 spiro atoms. The van der Waals surface area contributed by atoms with E-state index in [1.54, 1.807) is 12.1 Å². The van der Waals surface area contributed by atoms with Crippen molar-refractivity contribution < 1.29 is 9.53 Å². The van der Waals surface area contributed by atoms with Gasteiger partial charge in [0, 0.05) is 4.90 Å². The summed E-state index contributed by atoms with van der Waals surface area (Å²) in [6.07, 6.45) is 1.90. The lowest BCUT2D eigenvalue weighted by atomic mass is 10.3. The van der Waals surface area contributed by atoms with Crippen LogP contribution in [0.2, 0.25) is 0 Å². The molecule has 5 heteroatoms. The molecule has 70 valence electrons. The van der Waals surface area contributed by atoms with E-state index in [9.17, 15) is 4.79 Å². The van der Waals surface area contributed by atoms with Crippen molar-refractivity contribution in [1.29, 1.82) is 0 Å². The number of nitrogens with two attached hydrogens (primary N) is 1. The van der Waals surface area contributed by atoms with Crippen LogP contribution in [0.5, 0.6) is 0 Å². The maximum atomic E-state index is 11.1. The number of carbonyl (C=O) groups excluding carboxylic acids is 1. The third kappa shape index (κ3) is 2.35. The number of rotatable bonds is 2. The van der Waals surface area contributed by atoms with E-state index in [-0.39, 0.29) is 5.69 Å². The molecule has 4 nitrogen and oxygen atoms in total. The van der Waals surface area contributed by atoms with E-state index in [1.165, 1.54) is 18.9 Å². The molecule has 2 N–H and O–H groups in total. The van der Waals surface area contributed by atoms with E-state index < -0.39 is 5.97 Å². The second-order valence-electron chi connectivity index (χ2n) is 2.31. The Labute approximate surface area is 80.5 Å². The molecule has 0 fully saturated rings. The van der Waals surface area contributed by atoms with E-state index >= 15 is 0 Å². The summed E-state index contributed by atoms with van der Waals surface area (Å²) in [5, 5.41) is 0. The highest BCUT2D eigenvalue weighted by atomic mass is 32.2. The van der Waals surface area contributed by atoms with E-state index in [1.807, 2.05) is 6.26 Å². The highest BCUT2D eigenvalue weighted by molar-refractivity contribution is 7.98. The number of nitrogen functional groups attached to an aromatic ring is 1. The van der Waals surface area contributed by atoms with Gasteiger partial charge in [-0.1, -0.05) is 0 Å². The van der Waals surface area contributed by atoms with Crippen LogP contribution in [-0.2, 0) is 4.74 Å². The first kappa shape index (κ1) is 9.85. The van der Waals surface area contributed by atoms with E-state index in [2.05, 4.69) is 9.72 Å². The maximum absolute atomic E-state index is 11.1. The minimum atomic E-state index is -0.470. The van der Waals surface area contributed by atoms with Gasteiger partial charge in [0.2, 0.25) is 0 Å². The number of hydrogen-bond acceptors (Lipinski definition) is 5. The molecule has 0 saturated heterocycles. The van der Waals surface area contributed by atoms with Crippen LogP contribution in [0.15, 0.2) is 17.0 Å². The molecule has 1 heterocycles. The normalized spacial score (nSPS) is 9.69. The van der Waals surface area contributed by atoms with Gasteiger partial charge in [0.05, 0.1) is 7.11 Å². The molecule has 0 aromatic carbocycles. The van der Waals surface area contributed by atoms with Crippen LogP contribution in [0.4, 0.5) is 5.82 Å². The predicted molar refractivity (Wildman–Crippen MR) is 51.8 cm³/mol. The fourth-order valence-corrected chi connectivity index (χ4v) is 1.32. The van der Waals surface area contributed by atoms with Crippen LogP contribution >= 0.6 is 11.8 Å². The molecule has 0 aliphatic rings. The monoisotopic (exact) mass is 198 g/mol. The summed E-state index contributed by atoms with van der Waals surface area (Å²) in [7, 11) is 1.31. The summed E-state index contributed by atoms with van der Waals surface area (Å²) in [6.45, 7) is 0. The third-order valence-corrected chi connectivity index (χ3v) is 2.16. The van der Waals surface area contributed by atoms with E-state index in [0.717, 1.165) is 4.90 Å². The minimum Gasteiger partial charge on any atom is -0.464 e. The molecule has 0 saturated carbocycles. The molecule has 0 radical (unpaired) electrons. The van der Waals surface area contributed by atoms with Gasteiger partial charge in [-0.2, -0.15) is 0 Å². The molecule has 0 aliphatic carbocycles. The molecule has 0 amide bonds. The summed E-state index contributed by atoms with van der Waals surface area (Å²) in [5.74, 6) is -0.144. The van der Waals surface area contributed by atoms with Gasteiger partial charge in [0.1, 0.15) is 5.82 Å². The Hall–Kier alpha value is -1.23. The maximum Gasteiger partial charge on any atom is 0.356 e. The number of esters is 1. The van der Waals surface area contributed by atoms with Gasteiger partial charge >= 0.3 is 5.97 Å². The summed E-state index contributed by atoms with van der Waals surface area (Å²) in [6, 6.07) is 3.35. The molecule has 0 atom stereocenters. The molecule has 1 rings (SSSR count). The molecule has 0 unspecified atom stereocenters. The van der Waals surface area contributed by atoms with Crippen LogP contribution in [-0.4, -0.2) is 24.3 Å². The number of ether oxygens (including phenoxy) is 1. The van der Waals surface area contributed by atoms with Crippen molar-refractivity contribution in [2.24, 2.45) is 0 Å². The smallest absolute Gasteiger partial charge is 0.356 e.